The third-order valence-electron chi connectivity index (χ3n) is 5.13. The van der Waals surface area contributed by atoms with Crippen LogP contribution < -0.4 is 10.6 Å². The van der Waals surface area contributed by atoms with Gasteiger partial charge in [-0.2, -0.15) is 0 Å². The summed E-state index contributed by atoms with van der Waals surface area (Å²) >= 11 is 0. The number of nitrogens with one attached hydrogen (secondary N) is 2. The summed E-state index contributed by atoms with van der Waals surface area (Å²) in [6, 6.07) is 4.47. The highest BCUT2D eigenvalue weighted by Crippen LogP contribution is 2.42. The molecule has 1 atom stereocenters. The van der Waals surface area contributed by atoms with E-state index in [1.807, 2.05) is 20.8 Å². The maximum absolute atomic E-state index is 12.6. The summed E-state index contributed by atoms with van der Waals surface area (Å²) in [5, 5.41) is 15.3. The minimum absolute atomic E-state index is 0.0635. The number of nitrogens with zero attached hydrogens (tertiary/aromatic N) is 1. The standard InChI is InChI=1S/C19H25N3O4/c1-18(2,3)12-7-8-14(23)13(9-12)20-15(24)10-22-16(25)19(4,11-5-6-11)21-17(22)26/h7-9,11,23H,5-6,10H2,1-4H3,(H,20,24)(H,21,26)/t19-/m1/s1. The van der Waals surface area contributed by atoms with Gasteiger partial charge in [-0.05, 0) is 48.8 Å². The van der Waals surface area contributed by atoms with Crippen LogP contribution in [0.15, 0.2) is 18.2 Å². The fraction of sp³-hybridized carbons (Fsp3) is 0.526. The van der Waals surface area contributed by atoms with Crippen molar-refractivity contribution >= 4 is 23.5 Å². The lowest BCUT2D eigenvalue weighted by atomic mass is 9.87. The molecule has 4 amide bonds. The van der Waals surface area contributed by atoms with Crippen molar-refractivity contribution < 1.29 is 19.5 Å². The molecule has 0 aromatic heterocycles. The van der Waals surface area contributed by atoms with Gasteiger partial charge in [0.1, 0.15) is 17.8 Å². The largest absolute Gasteiger partial charge is 0.506 e. The molecule has 0 bridgehead atoms. The maximum atomic E-state index is 12.6. The molecule has 0 radical (unpaired) electrons. The highest BCUT2D eigenvalue weighted by atomic mass is 16.3. The van der Waals surface area contributed by atoms with Crippen LogP contribution in [0, 0.1) is 5.92 Å². The maximum Gasteiger partial charge on any atom is 0.325 e. The number of rotatable bonds is 4. The van der Waals surface area contributed by atoms with E-state index < -0.39 is 17.5 Å². The van der Waals surface area contributed by atoms with E-state index in [2.05, 4.69) is 10.6 Å². The molecule has 1 aliphatic heterocycles. The van der Waals surface area contributed by atoms with E-state index in [4.69, 9.17) is 0 Å². The molecule has 1 heterocycles. The second-order valence-electron chi connectivity index (χ2n) is 8.33. The Kier molecular flexibility index (Phi) is 4.21. The number of urea groups is 1. The number of imide groups is 1. The van der Waals surface area contributed by atoms with E-state index in [-0.39, 0.29) is 35.2 Å². The van der Waals surface area contributed by atoms with Crippen molar-refractivity contribution in [3.8, 4) is 5.75 Å². The molecule has 1 aromatic rings. The van der Waals surface area contributed by atoms with Crippen LogP contribution in [-0.4, -0.2) is 39.9 Å². The van der Waals surface area contributed by atoms with Crippen molar-refractivity contribution in [3.05, 3.63) is 23.8 Å². The van der Waals surface area contributed by atoms with Crippen molar-refractivity contribution in [3.63, 3.8) is 0 Å². The fourth-order valence-electron chi connectivity index (χ4n) is 3.23. The minimum atomic E-state index is -0.911. The van der Waals surface area contributed by atoms with Gasteiger partial charge in [0.15, 0.2) is 0 Å². The van der Waals surface area contributed by atoms with E-state index in [9.17, 15) is 19.5 Å². The number of amides is 4. The lowest BCUT2D eigenvalue weighted by Gasteiger charge is -2.21. The summed E-state index contributed by atoms with van der Waals surface area (Å²) < 4.78 is 0. The summed E-state index contributed by atoms with van der Waals surface area (Å²) in [5.41, 5.74) is 0.150. The van der Waals surface area contributed by atoms with Crippen LogP contribution >= 0.6 is 0 Å². The van der Waals surface area contributed by atoms with Gasteiger partial charge in [-0.1, -0.05) is 26.8 Å². The molecule has 1 aromatic carbocycles. The number of phenols is 1. The predicted octanol–water partition coefficient (Wildman–Crippen LogP) is 2.35. The van der Waals surface area contributed by atoms with Crippen molar-refractivity contribution in [2.45, 2.75) is 51.5 Å². The van der Waals surface area contributed by atoms with Crippen LogP contribution in [0.1, 0.15) is 46.1 Å². The van der Waals surface area contributed by atoms with Gasteiger partial charge in [-0.15, -0.1) is 0 Å². The number of aromatic hydroxyl groups is 1. The third-order valence-corrected chi connectivity index (χ3v) is 5.13. The van der Waals surface area contributed by atoms with Crippen LogP contribution in [0.3, 0.4) is 0 Å². The first-order chi connectivity index (χ1) is 12.0. The van der Waals surface area contributed by atoms with Crippen LogP contribution in [0.4, 0.5) is 10.5 Å². The number of phenolic OH excluding ortho intramolecular Hbond substituents is 1. The number of hydrogen-bond donors (Lipinski definition) is 3. The van der Waals surface area contributed by atoms with Crippen LogP contribution in [-0.2, 0) is 15.0 Å². The zero-order chi connectivity index (χ0) is 19.3. The van der Waals surface area contributed by atoms with E-state index >= 15 is 0 Å². The van der Waals surface area contributed by atoms with Gasteiger partial charge >= 0.3 is 6.03 Å². The van der Waals surface area contributed by atoms with Crippen molar-refractivity contribution in [2.24, 2.45) is 5.92 Å². The summed E-state index contributed by atoms with van der Waals surface area (Å²) in [4.78, 5) is 38.0. The Labute approximate surface area is 152 Å². The van der Waals surface area contributed by atoms with Crippen LogP contribution in [0.5, 0.6) is 5.75 Å². The van der Waals surface area contributed by atoms with Gasteiger partial charge < -0.3 is 15.7 Å². The van der Waals surface area contributed by atoms with E-state index in [0.29, 0.717) is 0 Å². The highest BCUT2D eigenvalue weighted by molar-refractivity contribution is 6.10. The Hall–Kier alpha value is -2.57. The molecule has 7 heteroatoms. The first-order valence-electron chi connectivity index (χ1n) is 8.80. The van der Waals surface area contributed by atoms with Crippen LogP contribution in [0.25, 0.3) is 0 Å². The highest BCUT2D eigenvalue weighted by Gasteiger charge is 2.56. The lowest BCUT2D eigenvalue weighted by Crippen LogP contribution is -2.46. The average molecular weight is 359 g/mol. The molecule has 3 N–H and O–H groups in total. The summed E-state index contributed by atoms with van der Waals surface area (Å²) in [6.07, 6.45) is 1.80. The molecule has 0 unspecified atom stereocenters. The molecule has 0 spiro atoms. The molecule has 1 aliphatic carbocycles. The molecule has 140 valence electrons. The van der Waals surface area contributed by atoms with Gasteiger partial charge in [0.05, 0.1) is 5.69 Å². The molecular weight excluding hydrogens is 334 g/mol. The van der Waals surface area contributed by atoms with E-state index in [1.54, 1.807) is 19.1 Å². The molecule has 1 saturated carbocycles. The molecule has 1 saturated heterocycles. The predicted molar refractivity (Wildman–Crippen MR) is 96.8 cm³/mol. The Bertz CT molecular complexity index is 779. The first kappa shape index (κ1) is 18.2. The Morgan fingerprint density at radius 3 is 2.58 bits per heavy atom. The molecular formula is C19H25N3O4. The number of benzene rings is 1. The van der Waals surface area contributed by atoms with Gasteiger partial charge in [-0.25, -0.2) is 4.79 Å². The smallest absolute Gasteiger partial charge is 0.325 e. The van der Waals surface area contributed by atoms with Crippen molar-refractivity contribution in [1.82, 2.24) is 10.2 Å². The molecule has 3 rings (SSSR count). The summed E-state index contributed by atoms with van der Waals surface area (Å²) in [5.74, 6) is -0.825. The molecule has 2 fully saturated rings. The number of carbonyl (C=O) groups excluding carboxylic acids is 3. The van der Waals surface area contributed by atoms with Gasteiger partial charge in [0.25, 0.3) is 5.91 Å². The van der Waals surface area contributed by atoms with Crippen molar-refractivity contribution in [1.29, 1.82) is 0 Å². The van der Waals surface area contributed by atoms with Gasteiger partial charge in [0, 0.05) is 0 Å². The van der Waals surface area contributed by atoms with Crippen molar-refractivity contribution in [2.75, 3.05) is 11.9 Å². The monoisotopic (exact) mass is 359 g/mol. The van der Waals surface area contributed by atoms with Gasteiger partial charge in [0.2, 0.25) is 5.91 Å². The van der Waals surface area contributed by atoms with E-state index in [0.717, 1.165) is 23.3 Å². The van der Waals surface area contributed by atoms with Gasteiger partial charge in [-0.3, -0.25) is 14.5 Å². The topological polar surface area (TPSA) is 98.7 Å². The Balaban J connectivity index is 1.72. The Morgan fingerprint density at radius 1 is 1.35 bits per heavy atom. The number of carbonyl (C=O) groups is 3. The molecule has 26 heavy (non-hydrogen) atoms. The molecule has 2 aliphatic rings. The average Bonchev–Trinajstić information content (AvgIpc) is 3.35. The first-order valence-corrected chi connectivity index (χ1v) is 8.80. The Morgan fingerprint density at radius 2 is 2.00 bits per heavy atom. The zero-order valence-electron chi connectivity index (χ0n) is 15.5. The van der Waals surface area contributed by atoms with Crippen LogP contribution in [0.2, 0.25) is 0 Å². The summed E-state index contributed by atoms with van der Waals surface area (Å²) in [6.45, 7) is 7.40. The minimum Gasteiger partial charge on any atom is -0.506 e. The molecule has 7 nitrogen and oxygen atoms in total. The van der Waals surface area contributed by atoms with E-state index in [1.165, 1.54) is 6.07 Å². The quantitative estimate of drug-likeness (QED) is 0.568. The number of hydrogen-bond acceptors (Lipinski definition) is 4. The SMILES string of the molecule is CC(C)(C)c1ccc(O)c(NC(=O)CN2C(=O)N[C@](C)(C3CC3)C2=O)c1. The lowest BCUT2D eigenvalue weighted by molar-refractivity contribution is -0.134. The summed E-state index contributed by atoms with van der Waals surface area (Å²) in [7, 11) is 0. The third kappa shape index (κ3) is 3.25. The second kappa shape index (κ2) is 6.00. The zero-order valence-corrected chi connectivity index (χ0v) is 15.5. The number of anilines is 1. The fourth-order valence-corrected chi connectivity index (χ4v) is 3.23. The normalized spacial score (nSPS) is 23.2. The second-order valence-corrected chi connectivity index (χ2v) is 8.33.